The molecule has 0 heterocycles. The van der Waals surface area contributed by atoms with Gasteiger partial charge in [0, 0.05) is 0 Å². The van der Waals surface area contributed by atoms with Gasteiger partial charge in [0.25, 0.3) is 0 Å². The van der Waals surface area contributed by atoms with Crippen molar-refractivity contribution in [2.45, 2.75) is 25.7 Å². The van der Waals surface area contributed by atoms with Gasteiger partial charge >= 0.3 is 0 Å². The highest BCUT2D eigenvalue weighted by Crippen LogP contribution is 2.51. The fourth-order valence-corrected chi connectivity index (χ4v) is 1.37. The van der Waals surface area contributed by atoms with Crippen LogP contribution in [0.4, 0.5) is 0 Å². The zero-order valence-corrected chi connectivity index (χ0v) is 3.91. The molecule has 0 unspecified atom stereocenters. The normalized spacial score (nSPS) is 34.0. The first-order valence-electron chi connectivity index (χ1n) is 2.81. The molecule has 0 spiro atoms. The molecule has 33 valence electrons. The van der Waals surface area contributed by atoms with Gasteiger partial charge in [0.2, 0.25) is 0 Å². The zero-order chi connectivity index (χ0) is 3.98. The molecule has 0 atom stereocenters. The van der Waals surface area contributed by atoms with E-state index >= 15 is 0 Å². The molecule has 2 fully saturated rings. The highest BCUT2D eigenvalue weighted by Gasteiger charge is 2.38. The molecule has 0 aromatic carbocycles. The van der Waals surface area contributed by atoms with Crippen LogP contribution in [0, 0.1) is 11.8 Å². The van der Waals surface area contributed by atoms with Crippen LogP contribution in [0.25, 0.3) is 0 Å². The van der Waals surface area contributed by atoms with E-state index in [9.17, 15) is 0 Å². The van der Waals surface area contributed by atoms with Gasteiger partial charge in [-0.25, -0.2) is 0 Å². The van der Waals surface area contributed by atoms with E-state index < -0.39 is 0 Å². The fourth-order valence-electron chi connectivity index (χ4n) is 1.37. The Morgan fingerprint density at radius 3 is 1.67 bits per heavy atom. The van der Waals surface area contributed by atoms with Crippen molar-refractivity contribution in [3.8, 4) is 0 Å². The number of hydrogen-bond acceptors (Lipinski definition) is 0. The van der Waals surface area contributed by atoms with E-state index in [1.54, 1.807) is 0 Å². The topological polar surface area (TPSA) is 0 Å². The first-order valence-corrected chi connectivity index (χ1v) is 2.81. The van der Waals surface area contributed by atoms with Crippen molar-refractivity contribution in [2.75, 3.05) is 0 Å². The van der Waals surface area contributed by atoms with Gasteiger partial charge in [0.15, 0.2) is 0 Å². The molecular formula is C6H9. The first-order chi connectivity index (χ1) is 2.97. The number of rotatable bonds is 0. The minimum Gasteiger partial charge on any atom is -0.0493 e. The van der Waals surface area contributed by atoms with E-state index in [0.717, 1.165) is 5.92 Å². The van der Waals surface area contributed by atoms with Crippen LogP contribution in [0.5, 0.6) is 0 Å². The van der Waals surface area contributed by atoms with Gasteiger partial charge in [-0.05, 0) is 37.5 Å². The maximum atomic E-state index is 1.87. The molecule has 1 radical (unpaired) electrons. The summed E-state index contributed by atoms with van der Waals surface area (Å²) in [6, 6.07) is 0. The zero-order valence-electron chi connectivity index (χ0n) is 3.91. The molecule has 2 rings (SSSR count). The Balaban J connectivity index is 2.03. The van der Waals surface area contributed by atoms with Crippen molar-refractivity contribution < 1.29 is 0 Å². The molecule has 0 saturated heterocycles. The second-order valence-corrected chi connectivity index (χ2v) is 2.43. The Morgan fingerprint density at radius 2 is 1.67 bits per heavy atom. The van der Waals surface area contributed by atoms with Crippen LogP contribution in [0.15, 0.2) is 0 Å². The summed E-state index contributed by atoms with van der Waals surface area (Å²) in [5.74, 6) is 3.00. The molecule has 0 aliphatic heterocycles. The smallest absolute Gasteiger partial charge is 0.0210 e. The van der Waals surface area contributed by atoms with E-state index in [-0.39, 0.29) is 0 Å². The molecule has 6 heavy (non-hydrogen) atoms. The van der Waals surface area contributed by atoms with Gasteiger partial charge in [-0.2, -0.15) is 0 Å². The van der Waals surface area contributed by atoms with Crippen LogP contribution in [0.1, 0.15) is 25.7 Å². The summed E-state index contributed by atoms with van der Waals surface area (Å²) >= 11 is 0. The third kappa shape index (κ3) is 0.184. The second-order valence-electron chi connectivity index (χ2n) is 2.43. The van der Waals surface area contributed by atoms with Gasteiger partial charge < -0.3 is 0 Å². The van der Waals surface area contributed by atoms with Crippen LogP contribution >= 0.6 is 0 Å². The molecular weight excluding hydrogens is 72.1 g/mol. The van der Waals surface area contributed by atoms with E-state index in [1.165, 1.54) is 25.7 Å². The lowest BCUT2D eigenvalue weighted by Crippen LogP contribution is -2.32. The first kappa shape index (κ1) is 3.06. The van der Waals surface area contributed by atoms with Gasteiger partial charge in [0.05, 0.1) is 0 Å². The summed E-state index contributed by atoms with van der Waals surface area (Å²) in [5.41, 5.74) is 0. The van der Waals surface area contributed by atoms with Gasteiger partial charge in [-0.3, -0.25) is 0 Å². The average molecular weight is 81.1 g/mol. The van der Waals surface area contributed by atoms with Gasteiger partial charge in [0.1, 0.15) is 0 Å². The summed E-state index contributed by atoms with van der Waals surface area (Å²) < 4.78 is 0. The van der Waals surface area contributed by atoms with Crippen molar-refractivity contribution in [3.05, 3.63) is 5.92 Å². The molecule has 0 nitrogen and oxygen atoms in total. The number of fused-ring (bicyclic) bond motifs is 1. The lowest BCUT2D eigenvalue weighted by Gasteiger charge is -2.45. The maximum absolute atomic E-state index is 1.87. The van der Waals surface area contributed by atoms with Gasteiger partial charge in [-0.1, -0.05) is 0 Å². The molecule has 0 heteroatoms. The molecule has 0 bridgehead atoms. The Bertz CT molecular complexity index is 48.4. The lowest BCUT2D eigenvalue weighted by atomic mass is 9.60. The molecule has 0 amide bonds. The minimum atomic E-state index is 1.13. The third-order valence-electron chi connectivity index (χ3n) is 2.21. The van der Waals surface area contributed by atoms with Crippen molar-refractivity contribution in [1.29, 1.82) is 0 Å². The van der Waals surface area contributed by atoms with Crippen LogP contribution < -0.4 is 0 Å². The quantitative estimate of drug-likeness (QED) is 0.417. The SMILES string of the molecule is C1CC2CC[C]12. The Kier molecular flexibility index (Phi) is 0.408. The summed E-state index contributed by atoms with van der Waals surface area (Å²) in [4.78, 5) is 0. The molecule has 2 saturated carbocycles. The van der Waals surface area contributed by atoms with Gasteiger partial charge in [-0.15, -0.1) is 0 Å². The lowest BCUT2D eigenvalue weighted by molar-refractivity contribution is 0.223. The van der Waals surface area contributed by atoms with E-state index in [1.807, 2.05) is 5.92 Å². The van der Waals surface area contributed by atoms with Crippen LogP contribution in [0.2, 0.25) is 0 Å². The summed E-state index contributed by atoms with van der Waals surface area (Å²) in [6.45, 7) is 0. The van der Waals surface area contributed by atoms with Crippen molar-refractivity contribution in [2.24, 2.45) is 5.92 Å². The Hall–Kier alpha value is 0. The van der Waals surface area contributed by atoms with Crippen molar-refractivity contribution in [3.63, 3.8) is 0 Å². The Morgan fingerprint density at radius 1 is 1.17 bits per heavy atom. The average Bonchev–Trinajstić information content (AvgIpc) is 1.54. The van der Waals surface area contributed by atoms with Crippen LogP contribution in [-0.4, -0.2) is 0 Å². The van der Waals surface area contributed by atoms with E-state index in [0.29, 0.717) is 0 Å². The monoisotopic (exact) mass is 81.1 g/mol. The predicted octanol–water partition coefficient (Wildman–Crippen LogP) is 1.76. The molecule has 0 N–H and O–H groups in total. The highest BCUT2D eigenvalue weighted by atomic mass is 14.4. The molecule has 0 aromatic rings. The standard InChI is InChI=1S/C6H9/c1-2-6-4-3-5(1)6/h5H,1-4H2. The largest absolute Gasteiger partial charge is 0.0493 e. The molecule has 2 aliphatic carbocycles. The summed E-state index contributed by atoms with van der Waals surface area (Å²) in [7, 11) is 0. The van der Waals surface area contributed by atoms with Crippen LogP contribution in [0.3, 0.4) is 0 Å². The molecule has 0 aromatic heterocycles. The fraction of sp³-hybridized carbons (Fsp3) is 0.833. The molecule has 2 aliphatic rings. The van der Waals surface area contributed by atoms with Crippen molar-refractivity contribution in [1.82, 2.24) is 0 Å². The van der Waals surface area contributed by atoms with Crippen LogP contribution in [-0.2, 0) is 0 Å². The second kappa shape index (κ2) is 0.800. The predicted molar refractivity (Wildman–Crippen MR) is 25.2 cm³/mol. The number of hydrogen-bond donors (Lipinski definition) is 0. The van der Waals surface area contributed by atoms with E-state index in [2.05, 4.69) is 0 Å². The summed E-state index contributed by atoms with van der Waals surface area (Å²) in [6.07, 6.45) is 6.00. The maximum Gasteiger partial charge on any atom is -0.0210 e. The van der Waals surface area contributed by atoms with Crippen molar-refractivity contribution >= 4 is 0 Å². The minimum absolute atomic E-state index is 1.13. The third-order valence-corrected chi connectivity index (χ3v) is 2.21. The van der Waals surface area contributed by atoms with E-state index in [4.69, 9.17) is 0 Å². The Labute approximate surface area is 38.6 Å². The highest BCUT2D eigenvalue weighted by molar-refractivity contribution is 5.13. The summed E-state index contributed by atoms with van der Waals surface area (Å²) in [5, 5.41) is 0.